The summed E-state index contributed by atoms with van der Waals surface area (Å²) in [5.74, 6) is 0.547. The zero-order valence-corrected chi connectivity index (χ0v) is 11.8. The molecule has 1 aromatic carbocycles. The first kappa shape index (κ1) is 13.9. The lowest BCUT2D eigenvalue weighted by molar-refractivity contribution is 0.0993. The Balaban J connectivity index is 2.27. The minimum absolute atomic E-state index is 0.194. The molecular weight excluding hydrogens is 254 g/mol. The number of ether oxygens (including phenoxy) is 1. The number of nitrogens with two attached hydrogens (primary N) is 1. The van der Waals surface area contributed by atoms with Crippen molar-refractivity contribution < 1.29 is 9.53 Å². The molecule has 0 atom stereocenters. The third-order valence-corrected chi connectivity index (χ3v) is 3.07. The fourth-order valence-electron chi connectivity index (χ4n) is 1.86. The van der Waals surface area contributed by atoms with Gasteiger partial charge < -0.3 is 15.4 Å². The average Bonchev–Trinajstić information content (AvgIpc) is 2.46. The van der Waals surface area contributed by atoms with Gasteiger partial charge in [-0.05, 0) is 37.3 Å². The van der Waals surface area contributed by atoms with Crippen LogP contribution in [0.15, 0.2) is 36.5 Å². The van der Waals surface area contributed by atoms with Crippen molar-refractivity contribution in [1.82, 2.24) is 4.98 Å². The van der Waals surface area contributed by atoms with Crippen molar-refractivity contribution in [2.45, 2.75) is 6.92 Å². The molecule has 0 radical (unpaired) electrons. The number of nitrogen functional groups attached to an aromatic ring is 1. The van der Waals surface area contributed by atoms with Crippen molar-refractivity contribution in [3.8, 4) is 5.75 Å². The summed E-state index contributed by atoms with van der Waals surface area (Å²) in [6.07, 6.45) is 1.51. The van der Waals surface area contributed by atoms with Crippen molar-refractivity contribution >= 4 is 17.3 Å². The number of methoxy groups -OCH3 is 1. The number of aromatic nitrogens is 1. The minimum atomic E-state index is -0.194. The van der Waals surface area contributed by atoms with Gasteiger partial charge >= 0.3 is 0 Å². The highest BCUT2D eigenvalue weighted by Gasteiger charge is 2.16. The molecule has 0 bridgehead atoms. The van der Waals surface area contributed by atoms with E-state index in [9.17, 15) is 4.79 Å². The highest BCUT2D eigenvalue weighted by molar-refractivity contribution is 6.08. The Morgan fingerprint density at radius 1 is 1.30 bits per heavy atom. The molecule has 2 N–H and O–H groups in total. The minimum Gasteiger partial charge on any atom is -0.497 e. The van der Waals surface area contributed by atoms with Crippen LogP contribution in [0.3, 0.4) is 0 Å². The number of hydrogen-bond donors (Lipinski definition) is 1. The predicted octanol–water partition coefficient (Wildman–Crippen LogP) is 2.26. The maximum absolute atomic E-state index is 12.4. The first-order valence-corrected chi connectivity index (χ1v) is 6.17. The molecule has 5 nitrogen and oxygen atoms in total. The molecule has 0 saturated heterocycles. The lowest BCUT2D eigenvalue weighted by atomic mass is 10.2. The summed E-state index contributed by atoms with van der Waals surface area (Å²) >= 11 is 0. The second-order valence-electron chi connectivity index (χ2n) is 4.48. The largest absolute Gasteiger partial charge is 0.497 e. The standard InChI is InChI=1S/C15H17N3O2/c1-10-8-14(16)13(9-17-10)15(19)18(2)11-4-6-12(20-3)7-5-11/h4-9H,1-3H3,(H2,16,17). The molecule has 0 spiro atoms. The normalized spacial score (nSPS) is 10.2. The molecule has 1 heterocycles. The van der Waals surface area contributed by atoms with Crippen molar-refractivity contribution in [2.24, 2.45) is 0 Å². The van der Waals surface area contributed by atoms with Crippen LogP contribution < -0.4 is 15.4 Å². The van der Waals surface area contributed by atoms with Gasteiger partial charge in [0.1, 0.15) is 5.75 Å². The zero-order chi connectivity index (χ0) is 14.7. The maximum atomic E-state index is 12.4. The Morgan fingerprint density at radius 2 is 1.95 bits per heavy atom. The summed E-state index contributed by atoms with van der Waals surface area (Å²) < 4.78 is 5.09. The summed E-state index contributed by atoms with van der Waals surface area (Å²) in [6.45, 7) is 1.83. The van der Waals surface area contributed by atoms with E-state index in [1.54, 1.807) is 32.4 Å². The number of anilines is 2. The summed E-state index contributed by atoms with van der Waals surface area (Å²) in [5.41, 5.74) is 8.25. The van der Waals surface area contributed by atoms with E-state index < -0.39 is 0 Å². The first-order chi connectivity index (χ1) is 9.52. The molecule has 0 saturated carbocycles. The number of benzene rings is 1. The van der Waals surface area contributed by atoms with Crippen molar-refractivity contribution in [2.75, 3.05) is 24.8 Å². The maximum Gasteiger partial charge on any atom is 0.261 e. The number of carbonyl (C=O) groups excluding carboxylic acids is 1. The van der Waals surface area contributed by atoms with Crippen LogP contribution in [0.5, 0.6) is 5.75 Å². The summed E-state index contributed by atoms with van der Waals surface area (Å²) in [7, 11) is 3.30. The highest BCUT2D eigenvalue weighted by Crippen LogP contribution is 2.21. The molecular formula is C15H17N3O2. The van der Waals surface area contributed by atoms with Crippen LogP contribution in [-0.2, 0) is 0 Å². The summed E-state index contributed by atoms with van der Waals surface area (Å²) in [5, 5.41) is 0. The molecule has 20 heavy (non-hydrogen) atoms. The third kappa shape index (κ3) is 2.71. The van der Waals surface area contributed by atoms with E-state index in [0.717, 1.165) is 17.1 Å². The Bertz CT molecular complexity index is 624. The fourth-order valence-corrected chi connectivity index (χ4v) is 1.86. The molecule has 5 heteroatoms. The lowest BCUT2D eigenvalue weighted by Gasteiger charge is -2.18. The van der Waals surface area contributed by atoms with Gasteiger partial charge in [-0.1, -0.05) is 0 Å². The van der Waals surface area contributed by atoms with Gasteiger partial charge in [0, 0.05) is 30.3 Å². The van der Waals surface area contributed by atoms with Crippen molar-refractivity contribution in [3.05, 3.63) is 47.8 Å². The Labute approximate surface area is 118 Å². The SMILES string of the molecule is COc1ccc(N(C)C(=O)c2cnc(C)cc2N)cc1. The summed E-state index contributed by atoms with van der Waals surface area (Å²) in [6, 6.07) is 8.92. The van der Waals surface area contributed by atoms with Gasteiger partial charge in [-0.15, -0.1) is 0 Å². The van der Waals surface area contributed by atoms with Crippen LogP contribution in [0.4, 0.5) is 11.4 Å². The molecule has 0 aliphatic carbocycles. The van der Waals surface area contributed by atoms with E-state index in [1.807, 2.05) is 19.1 Å². The second kappa shape index (κ2) is 5.61. The molecule has 0 fully saturated rings. The Hall–Kier alpha value is -2.56. The van der Waals surface area contributed by atoms with Gasteiger partial charge in [-0.3, -0.25) is 9.78 Å². The van der Waals surface area contributed by atoms with Gasteiger partial charge in [-0.25, -0.2) is 0 Å². The van der Waals surface area contributed by atoms with E-state index in [1.165, 1.54) is 11.1 Å². The van der Waals surface area contributed by atoms with Crippen LogP contribution >= 0.6 is 0 Å². The molecule has 0 aliphatic heterocycles. The molecule has 104 valence electrons. The number of amides is 1. The fraction of sp³-hybridized carbons (Fsp3) is 0.200. The lowest BCUT2D eigenvalue weighted by Crippen LogP contribution is -2.27. The molecule has 0 aliphatic rings. The van der Waals surface area contributed by atoms with Crippen LogP contribution in [-0.4, -0.2) is 25.0 Å². The van der Waals surface area contributed by atoms with Crippen LogP contribution in [0.1, 0.15) is 16.1 Å². The van der Waals surface area contributed by atoms with E-state index in [0.29, 0.717) is 11.3 Å². The van der Waals surface area contributed by atoms with Gasteiger partial charge in [0.2, 0.25) is 0 Å². The third-order valence-electron chi connectivity index (χ3n) is 3.07. The van der Waals surface area contributed by atoms with Crippen LogP contribution in [0, 0.1) is 6.92 Å². The number of pyridine rings is 1. The first-order valence-electron chi connectivity index (χ1n) is 6.17. The van der Waals surface area contributed by atoms with E-state index in [-0.39, 0.29) is 5.91 Å². The van der Waals surface area contributed by atoms with Crippen LogP contribution in [0.2, 0.25) is 0 Å². The number of carbonyl (C=O) groups is 1. The number of nitrogens with zero attached hydrogens (tertiary/aromatic N) is 2. The summed E-state index contributed by atoms with van der Waals surface area (Å²) in [4.78, 5) is 18.1. The van der Waals surface area contributed by atoms with E-state index in [4.69, 9.17) is 10.5 Å². The highest BCUT2D eigenvalue weighted by atomic mass is 16.5. The van der Waals surface area contributed by atoms with Crippen molar-refractivity contribution in [3.63, 3.8) is 0 Å². The number of rotatable bonds is 3. The monoisotopic (exact) mass is 271 g/mol. The number of hydrogen-bond acceptors (Lipinski definition) is 4. The van der Waals surface area contributed by atoms with E-state index >= 15 is 0 Å². The Kier molecular flexibility index (Phi) is 3.89. The van der Waals surface area contributed by atoms with Gasteiger partial charge in [0.05, 0.1) is 12.7 Å². The van der Waals surface area contributed by atoms with Gasteiger partial charge in [-0.2, -0.15) is 0 Å². The van der Waals surface area contributed by atoms with Gasteiger partial charge in [0.25, 0.3) is 5.91 Å². The topological polar surface area (TPSA) is 68.5 Å². The Morgan fingerprint density at radius 3 is 2.50 bits per heavy atom. The molecule has 2 rings (SSSR count). The van der Waals surface area contributed by atoms with Crippen molar-refractivity contribution in [1.29, 1.82) is 0 Å². The molecule has 2 aromatic rings. The molecule has 1 aromatic heterocycles. The van der Waals surface area contributed by atoms with E-state index in [2.05, 4.69) is 4.98 Å². The van der Waals surface area contributed by atoms with Gasteiger partial charge in [0.15, 0.2) is 0 Å². The predicted molar refractivity (Wildman–Crippen MR) is 79.1 cm³/mol. The number of aryl methyl sites for hydroxylation is 1. The molecule has 0 unspecified atom stereocenters. The molecule has 1 amide bonds. The smallest absolute Gasteiger partial charge is 0.261 e. The van der Waals surface area contributed by atoms with Crippen LogP contribution in [0.25, 0.3) is 0 Å². The zero-order valence-electron chi connectivity index (χ0n) is 11.8. The average molecular weight is 271 g/mol. The second-order valence-corrected chi connectivity index (χ2v) is 4.48. The quantitative estimate of drug-likeness (QED) is 0.929.